The van der Waals surface area contributed by atoms with Crippen LogP contribution in [-0.4, -0.2) is 39.4 Å². The summed E-state index contributed by atoms with van der Waals surface area (Å²) in [7, 11) is 0. The number of H-pyrrole nitrogens is 1. The highest BCUT2D eigenvalue weighted by atomic mass is 32.2. The van der Waals surface area contributed by atoms with Crippen LogP contribution in [0.25, 0.3) is 0 Å². The fourth-order valence-electron chi connectivity index (χ4n) is 1.66. The van der Waals surface area contributed by atoms with Gasteiger partial charge in [0, 0.05) is 0 Å². The Morgan fingerprint density at radius 1 is 1.35 bits per heavy atom. The largest absolute Gasteiger partial charge is 0.462 e. The van der Waals surface area contributed by atoms with Gasteiger partial charge in [-0.15, -0.1) is 5.10 Å². The van der Waals surface area contributed by atoms with E-state index in [9.17, 15) is 14.4 Å². The molecule has 0 aliphatic carbocycles. The SMILES string of the molecule is CCOC(=O)c1ccccc1NC(=O)CSc1nncc(=O)[nH]1. The number of benzene rings is 1. The number of rotatable bonds is 6. The lowest BCUT2D eigenvalue weighted by molar-refractivity contribution is -0.113. The summed E-state index contributed by atoms with van der Waals surface area (Å²) in [6.07, 6.45) is 1.04. The molecular formula is C14H14N4O4S. The van der Waals surface area contributed by atoms with Crippen molar-refractivity contribution in [2.75, 3.05) is 17.7 Å². The predicted octanol–water partition coefficient (Wildman–Crippen LogP) is 1.07. The Kier molecular flexibility index (Phi) is 5.87. The van der Waals surface area contributed by atoms with Crippen LogP contribution in [0.4, 0.5) is 5.69 Å². The van der Waals surface area contributed by atoms with Crippen molar-refractivity contribution in [1.82, 2.24) is 15.2 Å². The molecule has 0 unspecified atom stereocenters. The Morgan fingerprint density at radius 2 is 2.13 bits per heavy atom. The predicted molar refractivity (Wildman–Crippen MR) is 84.4 cm³/mol. The summed E-state index contributed by atoms with van der Waals surface area (Å²) in [5.74, 6) is -0.848. The third-order valence-electron chi connectivity index (χ3n) is 2.59. The molecule has 2 aromatic rings. The molecule has 1 heterocycles. The van der Waals surface area contributed by atoms with Gasteiger partial charge in [-0.3, -0.25) is 14.6 Å². The molecule has 0 saturated heterocycles. The summed E-state index contributed by atoms with van der Waals surface area (Å²) < 4.78 is 4.94. The lowest BCUT2D eigenvalue weighted by Gasteiger charge is -2.09. The third-order valence-corrected chi connectivity index (χ3v) is 3.45. The number of anilines is 1. The summed E-state index contributed by atoms with van der Waals surface area (Å²) in [5.41, 5.74) is 0.250. The van der Waals surface area contributed by atoms with Crippen LogP contribution in [0, 0.1) is 0 Å². The topological polar surface area (TPSA) is 114 Å². The van der Waals surface area contributed by atoms with Gasteiger partial charge >= 0.3 is 5.97 Å². The van der Waals surface area contributed by atoms with Crippen molar-refractivity contribution in [3.63, 3.8) is 0 Å². The second-order valence-corrected chi connectivity index (χ2v) is 5.21. The van der Waals surface area contributed by atoms with Gasteiger partial charge in [0.05, 0.1) is 23.6 Å². The van der Waals surface area contributed by atoms with Gasteiger partial charge in [-0.25, -0.2) is 4.79 Å². The van der Waals surface area contributed by atoms with Gasteiger partial charge in [0.15, 0.2) is 5.16 Å². The maximum Gasteiger partial charge on any atom is 0.340 e. The molecule has 1 aromatic heterocycles. The number of esters is 1. The van der Waals surface area contributed by atoms with Crippen LogP contribution in [0.15, 0.2) is 40.4 Å². The van der Waals surface area contributed by atoms with E-state index in [-0.39, 0.29) is 29.0 Å². The number of thioether (sulfide) groups is 1. The molecular weight excluding hydrogens is 320 g/mol. The van der Waals surface area contributed by atoms with Crippen LogP contribution in [0.3, 0.4) is 0 Å². The average molecular weight is 334 g/mol. The molecule has 0 atom stereocenters. The Hall–Kier alpha value is -2.68. The number of nitrogens with zero attached hydrogens (tertiary/aromatic N) is 2. The second-order valence-electron chi connectivity index (χ2n) is 4.24. The first-order chi connectivity index (χ1) is 11.1. The minimum Gasteiger partial charge on any atom is -0.462 e. The van der Waals surface area contributed by atoms with E-state index >= 15 is 0 Å². The highest BCUT2D eigenvalue weighted by molar-refractivity contribution is 7.99. The van der Waals surface area contributed by atoms with E-state index in [0.29, 0.717) is 5.69 Å². The smallest absolute Gasteiger partial charge is 0.340 e. The highest BCUT2D eigenvalue weighted by Crippen LogP contribution is 2.17. The molecule has 1 aromatic carbocycles. The van der Waals surface area contributed by atoms with E-state index in [0.717, 1.165) is 18.0 Å². The van der Waals surface area contributed by atoms with Crippen molar-refractivity contribution in [2.24, 2.45) is 0 Å². The molecule has 0 aliphatic rings. The molecule has 23 heavy (non-hydrogen) atoms. The van der Waals surface area contributed by atoms with Crippen molar-refractivity contribution in [3.8, 4) is 0 Å². The zero-order valence-electron chi connectivity index (χ0n) is 12.2. The number of amides is 1. The van der Waals surface area contributed by atoms with Crippen molar-refractivity contribution in [3.05, 3.63) is 46.4 Å². The molecule has 1 amide bonds. The Balaban J connectivity index is 2.00. The van der Waals surface area contributed by atoms with Crippen molar-refractivity contribution < 1.29 is 14.3 Å². The maximum atomic E-state index is 12.0. The first-order valence-electron chi connectivity index (χ1n) is 6.71. The number of para-hydroxylation sites is 1. The molecule has 2 N–H and O–H groups in total. The first-order valence-corrected chi connectivity index (χ1v) is 7.69. The number of carbonyl (C=O) groups is 2. The van der Waals surface area contributed by atoms with Crippen LogP contribution in [0.1, 0.15) is 17.3 Å². The molecule has 120 valence electrons. The van der Waals surface area contributed by atoms with E-state index in [4.69, 9.17) is 4.74 Å². The van der Waals surface area contributed by atoms with E-state index in [2.05, 4.69) is 20.5 Å². The van der Waals surface area contributed by atoms with Gasteiger partial charge in [0.1, 0.15) is 6.20 Å². The average Bonchev–Trinajstić information content (AvgIpc) is 2.54. The summed E-state index contributed by atoms with van der Waals surface area (Å²) >= 11 is 1.03. The molecule has 0 radical (unpaired) electrons. The lowest BCUT2D eigenvalue weighted by Crippen LogP contribution is -2.18. The van der Waals surface area contributed by atoms with Gasteiger partial charge in [-0.05, 0) is 19.1 Å². The maximum absolute atomic E-state index is 12.0. The van der Waals surface area contributed by atoms with E-state index in [1.54, 1.807) is 31.2 Å². The summed E-state index contributed by atoms with van der Waals surface area (Å²) in [4.78, 5) is 37.3. The van der Waals surface area contributed by atoms with Gasteiger partial charge in [0.2, 0.25) is 5.91 Å². The normalized spacial score (nSPS) is 10.1. The van der Waals surface area contributed by atoms with Gasteiger partial charge in [-0.2, -0.15) is 5.10 Å². The third kappa shape index (κ3) is 4.92. The minimum atomic E-state index is -0.505. The van der Waals surface area contributed by atoms with Crippen molar-refractivity contribution >= 4 is 29.3 Å². The van der Waals surface area contributed by atoms with Crippen LogP contribution in [-0.2, 0) is 9.53 Å². The van der Waals surface area contributed by atoms with E-state index in [1.165, 1.54) is 0 Å². The van der Waals surface area contributed by atoms with Crippen molar-refractivity contribution in [1.29, 1.82) is 0 Å². The van der Waals surface area contributed by atoms with E-state index < -0.39 is 11.5 Å². The number of aromatic amines is 1. The van der Waals surface area contributed by atoms with Crippen LogP contribution >= 0.6 is 11.8 Å². The van der Waals surface area contributed by atoms with Crippen LogP contribution < -0.4 is 10.9 Å². The van der Waals surface area contributed by atoms with Gasteiger partial charge in [0.25, 0.3) is 5.56 Å². The summed E-state index contributed by atoms with van der Waals surface area (Å²) in [6.45, 7) is 1.95. The fraction of sp³-hybridized carbons (Fsp3) is 0.214. The first kappa shape index (κ1) is 16.7. The summed E-state index contributed by atoms with van der Waals surface area (Å²) in [6, 6.07) is 6.56. The van der Waals surface area contributed by atoms with Crippen LogP contribution in [0.5, 0.6) is 0 Å². The molecule has 9 heteroatoms. The molecule has 0 fully saturated rings. The monoisotopic (exact) mass is 334 g/mol. The standard InChI is InChI=1S/C14H14N4O4S/c1-2-22-13(21)9-5-3-4-6-10(9)16-12(20)8-23-14-17-11(19)7-15-18-14/h3-7H,2,8H2,1H3,(H,16,20)(H,17,18,19). The molecule has 0 bridgehead atoms. The van der Waals surface area contributed by atoms with Crippen LogP contribution in [0.2, 0.25) is 0 Å². The summed E-state index contributed by atoms with van der Waals surface area (Å²) in [5, 5.41) is 10.1. The molecule has 0 aliphatic heterocycles. The van der Waals surface area contributed by atoms with Crippen molar-refractivity contribution in [2.45, 2.75) is 12.1 Å². The number of hydrogen-bond donors (Lipinski definition) is 2. The van der Waals surface area contributed by atoms with Gasteiger partial charge < -0.3 is 10.1 Å². The minimum absolute atomic E-state index is 0.00575. The number of aromatic nitrogens is 3. The Labute approximate surface area is 135 Å². The number of hydrogen-bond acceptors (Lipinski definition) is 7. The zero-order valence-corrected chi connectivity index (χ0v) is 13.1. The molecule has 0 saturated carbocycles. The second kappa shape index (κ2) is 8.08. The fourth-order valence-corrected chi connectivity index (χ4v) is 2.28. The van der Waals surface area contributed by atoms with Gasteiger partial charge in [-0.1, -0.05) is 23.9 Å². The quantitative estimate of drug-likeness (QED) is 0.600. The molecule has 2 rings (SSSR count). The number of nitrogens with one attached hydrogen (secondary N) is 2. The lowest BCUT2D eigenvalue weighted by atomic mass is 10.2. The number of ether oxygens (including phenoxy) is 1. The molecule has 8 nitrogen and oxygen atoms in total. The van der Waals surface area contributed by atoms with E-state index in [1.807, 2.05) is 0 Å². The molecule has 0 spiro atoms. The Morgan fingerprint density at radius 3 is 2.87 bits per heavy atom. The highest BCUT2D eigenvalue weighted by Gasteiger charge is 2.14. The zero-order chi connectivity index (χ0) is 16.7. The Bertz CT molecular complexity index is 762. The number of carbonyl (C=O) groups excluding carboxylic acids is 2.